The highest BCUT2D eigenvalue weighted by Gasteiger charge is 2.38. The van der Waals surface area contributed by atoms with E-state index in [1.807, 2.05) is 0 Å². The van der Waals surface area contributed by atoms with Crippen LogP contribution in [-0.4, -0.2) is 27.6 Å². The van der Waals surface area contributed by atoms with Gasteiger partial charge in [-0.3, -0.25) is 29.8 Å². The van der Waals surface area contributed by atoms with Crippen LogP contribution in [0.25, 0.3) is 0 Å². The molecule has 30 heavy (non-hydrogen) atoms. The molecule has 3 amide bonds. The third kappa shape index (κ3) is 3.22. The SMILES string of the molecule is Cc1csc(NC(=O)c2ccc3c(c2)C(=O)N(c2ccc([N+](=O)[O-])cc2C)C3=O)n1. The molecule has 0 radical (unpaired) electrons. The highest BCUT2D eigenvalue weighted by Crippen LogP contribution is 2.33. The second-order valence-corrected chi connectivity index (χ2v) is 7.54. The van der Waals surface area contributed by atoms with Crippen molar-refractivity contribution in [3.63, 3.8) is 0 Å². The van der Waals surface area contributed by atoms with Crippen LogP contribution in [0.4, 0.5) is 16.5 Å². The number of carbonyl (C=O) groups excluding carboxylic acids is 3. The first-order valence-electron chi connectivity index (χ1n) is 8.77. The van der Waals surface area contributed by atoms with Crippen LogP contribution in [-0.2, 0) is 0 Å². The van der Waals surface area contributed by atoms with Crippen molar-refractivity contribution in [3.05, 3.63) is 79.8 Å². The van der Waals surface area contributed by atoms with Crippen molar-refractivity contribution in [2.75, 3.05) is 10.2 Å². The lowest BCUT2D eigenvalue weighted by Crippen LogP contribution is -2.30. The molecule has 1 N–H and O–H groups in total. The number of anilines is 2. The molecule has 0 unspecified atom stereocenters. The molecule has 1 aliphatic rings. The number of rotatable bonds is 4. The largest absolute Gasteiger partial charge is 0.298 e. The number of thiazole rings is 1. The van der Waals surface area contributed by atoms with E-state index in [2.05, 4.69) is 10.3 Å². The van der Waals surface area contributed by atoms with Crippen molar-refractivity contribution in [1.29, 1.82) is 0 Å². The van der Waals surface area contributed by atoms with E-state index in [-0.39, 0.29) is 28.1 Å². The van der Waals surface area contributed by atoms with Crippen LogP contribution in [0.1, 0.15) is 42.3 Å². The zero-order valence-electron chi connectivity index (χ0n) is 15.8. The second-order valence-electron chi connectivity index (χ2n) is 6.68. The summed E-state index contributed by atoms with van der Waals surface area (Å²) in [6.45, 7) is 3.39. The highest BCUT2D eigenvalue weighted by atomic mass is 32.1. The van der Waals surface area contributed by atoms with Gasteiger partial charge in [0.2, 0.25) is 0 Å². The van der Waals surface area contributed by atoms with Gasteiger partial charge in [-0.2, -0.15) is 0 Å². The number of nitro groups is 1. The first-order chi connectivity index (χ1) is 14.3. The summed E-state index contributed by atoms with van der Waals surface area (Å²) in [6.07, 6.45) is 0. The third-order valence-electron chi connectivity index (χ3n) is 4.62. The van der Waals surface area contributed by atoms with Gasteiger partial charge in [-0.05, 0) is 43.7 Å². The van der Waals surface area contributed by atoms with Crippen molar-refractivity contribution >= 4 is 45.6 Å². The van der Waals surface area contributed by atoms with Gasteiger partial charge in [-0.15, -0.1) is 11.3 Å². The van der Waals surface area contributed by atoms with Crippen LogP contribution in [0.3, 0.4) is 0 Å². The molecule has 2 heterocycles. The van der Waals surface area contributed by atoms with Gasteiger partial charge < -0.3 is 0 Å². The molecule has 0 saturated heterocycles. The zero-order chi connectivity index (χ0) is 21.6. The van der Waals surface area contributed by atoms with Gasteiger partial charge in [0.1, 0.15) is 0 Å². The molecular weight excluding hydrogens is 408 g/mol. The average molecular weight is 422 g/mol. The molecule has 3 aromatic rings. The third-order valence-corrected chi connectivity index (χ3v) is 5.50. The summed E-state index contributed by atoms with van der Waals surface area (Å²) in [5.74, 6) is -1.58. The van der Waals surface area contributed by atoms with Crippen LogP contribution < -0.4 is 10.2 Å². The predicted molar refractivity (Wildman–Crippen MR) is 110 cm³/mol. The summed E-state index contributed by atoms with van der Waals surface area (Å²) < 4.78 is 0. The molecule has 10 heteroatoms. The Morgan fingerprint density at radius 1 is 1.10 bits per heavy atom. The Bertz CT molecular complexity index is 1250. The van der Waals surface area contributed by atoms with Gasteiger partial charge in [0.05, 0.1) is 27.4 Å². The maximum absolute atomic E-state index is 12.9. The standard InChI is InChI=1S/C20H14N4O5S/c1-10-7-13(24(28)29)4-6-16(10)23-18(26)14-5-3-12(8-15(14)19(23)27)17(25)22-20-21-11(2)9-30-20/h3-9H,1-2H3,(H,21,22,25). The minimum Gasteiger partial charge on any atom is -0.298 e. The van der Waals surface area contributed by atoms with Crippen LogP contribution in [0.5, 0.6) is 0 Å². The van der Waals surface area contributed by atoms with Crippen LogP contribution in [0, 0.1) is 24.0 Å². The number of nitro benzene ring substituents is 1. The molecule has 0 spiro atoms. The van der Waals surface area contributed by atoms with E-state index in [1.54, 1.807) is 19.2 Å². The smallest absolute Gasteiger partial charge is 0.269 e. The number of carbonyl (C=O) groups is 3. The monoisotopic (exact) mass is 422 g/mol. The fourth-order valence-electron chi connectivity index (χ4n) is 3.19. The first kappa shape index (κ1) is 19.4. The van der Waals surface area contributed by atoms with Crippen molar-refractivity contribution in [2.45, 2.75) is 13.8 Å². The van der Waals surface area contributed by atoms with E-state index in [4.69, 9.17) is 0 Å². The van der Waals surface area contributed by atoms with Crippen LogP contribution in [0.15, 0.2) is 41.8 Å². The molecule has 9 nitrogen and oxygen atoms in total. The molecule has 0 saturated carbocycles. The van der Waals surface area contributed by atoms with Gasteiger partial charge in [0, 0.05) is 23.1 Å². The lowest BCUT2D eigenvalue weighted by Gasteiger charge is -2.16. The van der Waals surface area contributed by atoms with Crippen molar-refractivity contribution < 1.29 is 19.3 Å². The highest BCUT2D eigenvalue weighted by molar-refractivity contribution is 7.13. The molecular formula is C20H14N4O5S. The van der Waals surface area contributed by atoms with E-state index in [0.29, 0.717) is 10.7 Å². The summed E-state index contributed by atoms with van der Waals surface area (Å²) in [6, 6.07) is 8.17. The van der Waals surface area contributed by atoms with Gasteiger partial charge >= 0.3 is 0 Å². The Balaban J connectivity index is 1.65. The number of nitrogens with one attached hydrogen (secondary N) is 1. The molecule has 0 atom stereocenters. The number of amides is 3. The van der Waals surface area contributed by atoms with E-state index >= 15 is 0 Å². The van der Waals surface area contributed by atoms with Crippen LogP contribution >= 0.6 is 11.3 Å². The second kappa shape index (κ2) is 7.16. The molecule has 1 aliphatic heterocycles. The molecule has 0 fully saturated rings. The van der Waals surface area contributed by atoms with E-state index < -0.39 is 22.6 Å². The minimum absolute atomic E-state index is 0.0979. The minimum atomic E-state index is -0.591. The molecule has 2 aromatic carbocycles. The van der Waals surface area contributed by atoms with Crippen molar-refractivity contribution in [1.82, 2.24) is 4.98 Å². The summed E-state index contributed by atoms with van der Waals surface area (Å²) in [5, 5.41) is 15.8. The van der Waals surface area contributed by atoms with Gasteiger partial charge in [-0.1, -0.05) is 0 Å². The van der Waals surface area contributed by atoms with Gasteiger partial charge in [-0.25, -0.2) is 9.88 Å². The molecule has 0 bridgehead atoms. The molecule has 150 valence electrons. The van der Waals surface area contributed by atoms with E-state index in [9.17, 15) is 24.5 Å². The fraction of sp³-hybridized carbons (Fsp3) is 0.100. The summed E-state index contributed by atoms with van der Waals surface area (Å²) >= 11 is 1.28. The normalized spacial score (nSPS) is 12.8. The molecule has 4 rings (SSSR count). The topological polar surface area (TPSA) is 123 Å². The Morgan fingerprint density at radius 3 is 2.47 bits per heavy atom. The summed E-state index contributed by atoms with van der Waals surface area (Å²) in [7, 11) is 0. The zero-order valence-corrected chi connectivity index (χ0v) is 16.6. The Labute approximate surface area is 174 Å². The lowest BCUT2D eigenvalue weighted by molar-refractivity contribution is -0.384. The number of nitrogens with zero attached hydrogens (tertiary/aromatic N) is 3. The lowest BCUT2D eigenvalue weighted by atomic mass is 10.1. The fourth-order valence-corrected chi connectivity index (χ4v) is 3.87. The van der Waals surface area contributed by atoms with Crippen molar-refractivity contribution in [3.8, 4) is 0 Å². The Kier molecular flexibility index (Phi) is 4.63. The number of aromatic nitrogens is 1. The maximum atomic E-state index is 12.9. The molecule has 0 aliphatic carbocycles. The number of non-ortho nitro benzene ring substituents is 1. The quantitative estimate of drug-likeness (QED) is 0.388. The number of benzene rings is 2. The maximum Gasteiger partial charge on any atom is 0.269 e. The number of aryl methyl sites for hydroxylation is 2. The molecule has 1 aromatic heterocycles. The number of hydrogen-bond donors (Lipinski definition) is 1. The number of imide groups is 1. The Morgan fingerprint density at radius 2 is 1.83 bits per heavy atom. The average Bonchev–Trinajstić information content (AvgIpc) is 3.22. The summed E-state index contributed by atoms with van der Waals surface area (Å²) in [5.41, 5.74) is 1.79. The van der Waals surface area contributed by atoms with Gasteiger partial charge in [0.25, 0.3) is 23.4 Å². The van der Waals surface area contributed by atoms with Crippen LogP contribution in [0.2, 0.25) is 0 Å². The predicted octanol–water partition coefficient (Wildman–Crippen LogP) is 3.72. The van der Waals surface area contributed by atoms with Crippen molar-refractivity contribution in [2.24, 2.45) is 0 Å². The van der Waals surface area contributed by atoms with Gasteiger partial charge in [0.15, 0.2) is 5.13 Å². The number of hydrogen-bond acceptors (Lipinski definition) is 7. The number of fused-ring (bicyclic) bond motifs is 1. The van der Waals surface area contributed by atoms with E-state index in [1.165, 1.54) is 47.7 Å². The Hall–Kier alpha value is -3.92. The summed E-state index contributed by atoms with van der Waals surface area (Å²) in [4.78, 5) is 53.8. The first-order valence-corrected chi connectivity index (χ1v) is 9.65. The van der Waals surface area contributed by atoms with E-state index in [0.717, 1.165) is 10.6 Å².